The third-order valence-electron chi connectivity index (χ3n) is 4.23. The second-order valence-electron chi connectivity index (χ2n) is 8.51. The average molecular weight is 370 g/mol. The Bertz CT molecular complexity index is 471. The fourth-order valence-corrected chi connectivity index (χ4v) is 2.99. The van der Waals surface area contributed by atoms with Crippen LogP contribution in [-0.4, -0.2) is 66.9 Å². The number of alkyl carbamates (subject to hydrolysis) is 1. The van der Waals surface area contributed by atoms with E-state index in [1.807, 2.05) is 34.6 Å². The first-order valence-electron chi connectivity index (χ1n) is 9.83. The number of nitrogens with zero attached hydrogens (tertiary/aromatic N) is 2. The number of guanidine groups is 1. The number of hydrogen-bond donors (Lipinski definition) is 3. The molecule has 26 heavy (non-hydrogen) atoms. The zero-order valence-corrected chi connectivity index (χ0v) is 17.7. The van der Waals surface area contributed by atoms with E-state index in [0.29, 0.717) is 12.6 Å². The second-order valence-corrected chi connectivity index (χ2v) is 8.51. The van der Waals surface area contributed by atoms with Crippen molar-refractivity contribution in [3.63, 3.8) is 0 Å². The normalized spacial score (nSPS) is 19.3. The van der Waals surface area contributed by atoms with E-state index in [1.165, 1.54) is 19.4 Å². The van der Waals surface area contributed by atoms with Crippen molar-refractivity contribution in [2.24, 2.45) is 4.99 Å². The molecule has 0 aromatic rings. The van der Waals surface area contributed by atoms with E-state index in [0.717, 1.165) is 25.6 Å². The Kier molecular flexibility index (Phi) is 8.67. The molecule has 7 heteroatoms. The topological polar surface area (TPSA) is 78.0 Å². The zero-order chi connectivity index (χ0) is 19.8. The van der Waals surface area contributed by atoms with Gasteiger partial charge >= 0.3 is 6.09 Å². The number of likely N-dealkylation sites (tertiary alicyclic amines) is 1. The van der Waals surface area contributed by atoms with Crippen LogP contribution in [0, 0.1) is 0 Å². The summed E-state index contributed by atoms with van der Waals surface area (Å²) in [6, 6.07) is 0.566. The Morgan fingerprint density at radius 2 is 1.88 bits per heavy atom. The molecule has 1 atom stereocenters. The van der Waals surface area contributed by atoms with Gasteiger partial charge in [0.15, 0.2) is 5.96 Å². The Hall–Kier alpha value is -1.50. The second kappa shape index (κ2) is 10.00. The quantitative estimate of drug-likeness (QED) is 0.474. The van der Waals surface area contributed by atoms with Crippen LogP contribution in [-0.2, 0) is 4.74 Å². The van der Waals surface area contributed by atoms with Gasteiger partial charge in [0, 0.05) is 19.1 Å². The highest BCUT2D eigenvalue weighted by Gasteiger charge is 2.25. The van der Waals surface area contributed by atoms with Crippen molar-refractivity contribution >= 4 is 12.1 Å². The molecule has 1 heterocycles. The molecule has 3 N–H and O–H groups in total. The minimum Gasteiger partial charge on any atom is -0.444 e. The molecule has 0 bridgehead atoms. The van der Waals surface area contributed by atoms with Gasteiger partial charge in [-0.05, 0) is 67.5 Å². The maximum atomic E-state index is 12.0. The number of carbonyl (C=O) groups excluding carboxylic acids is 1. The van der Waals surface area contributed by atoms with Crippen LogP contribution >= 0.6 is 0 Å². The van der Waals surface area contributed by atoms with Crippen LogP contribution in [0.4, 0.5) is 4.79 Å². The summed E-state index contributed by atoms with van der Waals surface area (Å²) in [6.45, 7) is 18.1. The highest BCUT2D eigenvalue weighted by atomic mass is 16.6. The molecule has 0 aromatic heterocycles. The van der Waals surface area contributed by atoms with E-state index >= 15 is 0 Å². The van der Waals surface area contributed by atoms with Gasteiger partial charge in [-0.25, -0.2) is 4.79 Å². The summed E-state index contributed by atoms with van der Waals surface area (Å²) in [4.78, 5) is 19.2. The van der Waals surface area contributed by atoms with Crippen LogP contribution in [0.5, 0.6) is 0 Å². The van der Waals surface area contributed by atoms with Gasteiger partial charge in [0.1, 0.15) is 5.60 Å². The molecule has 1 aliphatic rings. The van der Waals surface area contributed by atoms with Gasteiger partial charge in [-0.3, -0.25) is 9.89 Å². The summed E-state index contributed by atoms with van der Waals surface area (Å²) >= 11 is 0. The number of carbonyl (C=O) groups is 1. The number of likely N-dealkylation sites (N-methyl/N-ethyl adjacent to an activating group) is 1. The highest BCUT2D eigenvalue weighted by Crippen LogP contribution is 2.15. The summed E-state index contributed by atoms with van der Waals surface area (Å²) in [6.07, 6.45) is 2.08. The smallest absolute Gasteiger partial charge is 0.408 e. The van der Waals surface area contributed by atoms with Gasteiger partial charge in [-0.2, -0.15) is 0 Å². The van der Waals surface area contributed by atoms with Crippen molar-refractivity contribution in [3.8, 4) is 0 Å². The summed E-state index contributed by atoms with van der Waals surface area (Å²) in [7, 11) is 0. The van der Waals surface area contributed by atoms with E-state index in [9.17, 15) is 4.79 Å². The summed E-state index contributed by atoms with van der Waals surface area (Å²) in [5, 5.41) is 9.62. The molecular formula is C19H39N5O2. The Morgan fingerprint density at radius 3 is 2.46 bits per heavy atom. The predicted molar refractivity (Wildman–Crippen MR) is 108 cm³/mol. The highest BCUT2D eigenvalue weighted by molar-refractivity contribution is 5.80. The van der Waals surface area contributed by atoms with E-state index < -0.39 is 17.2 Å². The SMILES string of the molecule is CCNC(=NCC(C)(C)NC(=O)OC(C)(C)C)NCC1CCCN1CC. The molecule has 1 unspecified atom stereocenters. The molecule has 0 spiro atoms. The third kappa shape index (κ3) is 8.74. The molecule has 0 aliphatic carbocycles. The Labute approximate surface area is 159 Å². The van der Waals surface area contributed by atoms with E-state index in [1.54, 1.807) is 0 Å². The lowest BCUT2D eigenvalue weighted by atomic mass is 10.1. The Morgan fingerprint density at radius 1 is 1.19 bits per heavy atom. The largest absolute Gasteiger partial charge is 0.444 e. The zero-order valence-electron chi connectivity index (χ0n) is 17.7. The molecule has 1 saturated heterocycles. The first kappa shape index (κ1) is 22.5. The van der Waals surface area contributed by atoms with Gasteiger partial charge in [0.05, 0.1) is 12.1 Å². The first-order chi connectivity index (χ1) is 12.1. The molecule has 0 saturated carbocycles. The molecule has 1 aliphatic heterocycles. The minimum atomic E-state index is -0.508. The molecular weight excluding hydrogens is 330 g/mol. The monoisotopic (exact) mass is 369 g/mol. The molecule has 1 amide bonds. The van der Waals surface area contributed by atoms with Crippen LogP contribution in [0.2, 0.25) is 0 Å². The van der Waals surface area contributed by atoms with Crippen LogP contribution in [0.15, 0.2) is 4.99 Å². The van der Waals surface area contributed by atoms with Crippen molar-refractivity contribution in [1.29, 1.82) is 0 Å². The number of nitrogens with one attached hydrogen (secondary N) is 3. The number of rotatable bonds is 7. The standard InChI is InChI=1S/C19H39N5O2/c1-8-20-16(21-13-15-11-10-12-24(15)9-2)22-14-19(6,7)23-17(25)26-18(3,4)5/h15H,8-14H2,1-7H3,(H,23,25)(H2,20,21,22). The lowest BCUT2D eigenvalue weighted by molar-refractivity contribution is 0.0476. The number of amides is 1. The van der Waals surface area contributed by atoms with Gasteiger partial charge < -0.3 is 20.7 Å². The minimum absolute atomic E-state index is 0.416. The maximum Gasteiger partial charge on any atom is 0.408 e. The van der Waals surface area contributed by atoms with Crippen molar-refractivity contribution in [2.75, 3.05) is 32.7 Å². The summed E-state index contributed by atoms with van der Waals surface area (Å²) < 4.78 is 5.33. The fraction of sp³-hybridized carbons (Fsp3) is 0.895. The third-order valence-corrected chi connectivity index (χ3v) is 4.23. The number of aliphatic imine (C=N–C) groups is 1. The first-order valence-corrected chi connectivity index (χ1v) is 9.83. The number of ether oxygens (including phenoxy) is 1. The number of hydrogen-bond acceptors (Lipinski definition) is 4. The van der Waals surface area contributed by atoms with Crippen molar-refractivity contribution in [2.45, 2.75) is 78.5 Å². The molecule has 1 rings (SSSR count). The van der Waals surface area contributed by atoms with E-state index in [4.69, 9.17) is 4.74 Å². The molecule has 7 nitrogen and oxygen atoms in total. The van der Waals surface area contributed by atoms with Crippen LogP contribution in [0.3, 0.4) is 0 Å². The van der Waals surface area contributed by atoms with Gasteiger partial charge in [0.25, 0.3) is 0 Å². The lowest BCUT2D eigenvalue weighted by Crippen LogP contribution is -2.49. The lowest BCUT2D eigenvalue weighted by Gasteiger charge is -2.28. The van der Waals surface area contributed by atoms with Gasteiger partial charge in [-0.1, -0.05) is 6.92 Å². The molecule has 1 fully saturated rings. The molecule has 0 radical (unpaired) electrons. The van der Waals surface area contributed by atoms with Gasteiger partial charge in [0.2, 0.25) is 0 Å². The van der Waals surface area contributed by atoms with E-state index in [2.05, 4.69) is 39.7 Å². The summed E-state index contributed by atoms with van der Waals surface area (Å²) in [5.41, 5.74) is -1.00. The van der Waals surface area contributed by atoms with Crippen LogP contribution in [0.1, 0.15) is 61.3 Å². The van der Waals surface area contributed by atoms with Crippen LogP contribution in [0.25, 0.3) is 0 Å². The summed E-state index contributed by atoms with van der Waals surface area (Å²) in [5.74, 6) is 0.787. The van der Waals surface area contributed by atoms with E-state index in [-0.39, 0.29) is 0 Å². The predicted octanol–water partition coefficient (Wildman–Crippen LogP) is 2.33. The van der Waals surface area contributed by atoms with Crippen LogP contribution < -0.4 is 16.0 Å². The van der Waals surface area contributed by atoms with Crippen molar-refractivity contribution in [3.05, 3.63) is 0 Å². The average Bonchev–Trinajstić information content (AvgIpc) is 2.95. The maximum absolute atomic E-state index is 12.0. The fourth-order valence-electron chi connectivity index (χ4n) is 2.99. The molecule has 0 aromatic carbocycles. The Balaban J connectivity index is 2.56. The molecule has 152 valence electrons. The van der Waals surface area contributed by atoms with Gasteiger partial charge in [-0.15, -0.1) is 0 Å². The van der Waals surface area contributed by atoms with Crippen molar-refractivity contribution < 1.29 is 9.53 Å². The van der Waals surface area contributed by atoms with Crippen molar-refractivity contribution in [1.82, 2.24) is 20.9 Å².